The number of nitrogens with zero attached hydrogens (tertiary/aromatic N) is 1. The third kappa shape index (κ3) is 3.37. The minimum Gasteiger partial charge on any atom is -0.303 e. The molecule has 1 heterocycles. The van der Waals surface area contributed by atoms with Gasteiger partial charge in [-0.2, -0.15) is 0 Å². The highest BCUT2D eigenvalue weighted by Gasteiger charge is 2.53. The third-order valence-electron chi connectivity index (χ3n) is 8.36. The van der Waals surface area contributed by atoms with Crippen LogP contribution in [0.15, 0.2) is 0 Å². The van der Waals surface area contributed by atoms with Crippen molar-refractivity contribution in [1.82, 2.24) is 4.90 Å². The van der Waals surface area contributed by atoms with Crippen LogP contribution in [-0.2, 0) is 0 Å². The summed E-state index contributed by atoms with van der Waals surface area (Å²) < 4.78 is 0. The molecule has 0 spiro atoms. The predicted molar refractivity (Wildman–Crippen MR) is 101 cm³/mol. The Morgan fingerprint density at radius 2 is 1.26 bits per heavy atom. The van der Waals surface area contributed by atoms with E-state index in [4.69, 9.17) is 0 Å². The Balaban J connectivity index is 1.55. The quantitative estimate of drug-likeness (QED) is 0.591. The van der Waals surface area contributed by atoms with Crippen molar-refractivity contribution in [2.24, 2.45) is 27.6 Å². The molecule has 3 saturated carbocycles. The molecule has 1 aliphatic heterocycles. The molecule has 134 valence electrons. The highest BCUT2D eigenvalue weighted by atomic mass is 15.1. The molecule has 0 aromatic heterocycles. The monoisotopic (exact) mass is 319 g/mol. The van der Waals surface area contributed by atoms with Crippen LogP contribution in [-0.4, -0.2) is 24.5 Å². The second kappa shape index (κ2) is 5.75. The first-order valence-corrected chi connectivity index (χ1v) is 10.3. The average Bonchev–Trinajstić information content (AvgIpc) is 2.47. The summed E-state index contributed by atoms with van der Waals surface area (Å²) in [6.07, 6.45) is 11.8. The number of fused-ring (bicyclic) bond motifs is 3. The van der Waals surface area contributed by atoms with Crippen molar-refractivity contribution < 1.29 is 0 Å². The van der Waals surface area contributed by atoms with Crippen molar-refractivity contribution >= 4 is 0 Å². The summed E-state index contributed by atoms with van der Waals surface area (Å²) in [5.41, 5.74) is 2.35. The molecule has 0 aromatic carbocycles. The van der Waals surface area contributed by atoms with E-state index in [0.717, 1.165) is 5.92 Å². The number of likely N-dealkylation sites (tertiary alicyclic amines) is 1. The molecule has 1 nitrogen and oxygen atoms in total. The standard InChI is InChI=1S/C22H41N/c1-19(2,3)18-7-15-23(16-8-18)17-21-9-12-22(13-10-21,14-11-21)20(4,5)6/h18H,7-17H2,1-6H3. The molecule has 0 radical (unpaired) electrons. The summed E-state index contributed by atoms with van der Waals surface area (Å²) in [7, 11) is 0. The van der Waals surface area contributed by atoms with Gasteiger partial charge in [0.2, 0.25) is 0 Å². The Bertz CT molecular complexity index is 390. The highest BCUT2D eigenvalue weighted by Crippen LogP contribution is 2.63. The molecule has 0 N–H and O–H groups in total. The normalized spacial score (nSPS) is 37.3. The van der Waals surface area contributed by atoms with E-state index in [2.05, 4.69) is 46.4 Å². The number of piperidine rings is 1. The molecule has 1 heteroatoms. The van der Waals surface area contributed by atoms with Crippen molar-refractivity contribution in [3.05, 3.63) is 0 Å². The largest absolute Gasteiger partial charge is 0.303 e. The van der Waals surface area contributed by atoms with Crippen molar-refractivity contribution in [2.45, 2.75) is 92.9 Å². The molecule has 1 saturated heterocycles. The minimum atomic E-state index is 0.505. The van der Waals surface area contributed by atoms with Crippen LogP contribution in [0, 0.1) is 27.6 Å². The molecule has 0 unspecified atom stereocenters. The Morgan fingerprint density at radius 3 is 1.65 bits per heavy atom. The van der Waals surface area contributed by atoms with Gasteiger partial charge in [-0.15, -0.1) is 0 Å². The summed E-state index contributed by atoms with van der Waals surface area (Å²) in [4.78, 5) is 2.83. The lowest BCUT2D eigenvalue weighted by Gasteiger charge is -2.60. The van der Waals surface area contributed by atoms with E-state index in [1.807, 2.05) is 0 Å². The lowest BCUT2D eigenvalue weighted by molar-refractivity contribution is -0.0902. The number of rotatable bonds is 2. The maximum atomic E-state index is 2.83. The zero-order valence-electron chi connectivity index (χ0n) is 16.8. The molecule has 0 atom stereocenters. The fraction of sp³-hybridized carbons (Fsp3) is 1.00. The Morgan fingerprint density at radius 1 is 0.783 bits per heavy atom. The lowest BCUT2D eigenvalue weighted by atomic mass is 9.47. The van der Waals surface area contributed by atoms with E-state index in [1.54, 1.807) is 0 Å². The van der Waals surface area contributed by atoms with Gasteiger partial charge in [0, 0.05) is 6.54 Å². The molecule has 4 rings (SSSR count). The first-order valence-electron chi connectivity index (χ1n) is 10.3. The fourth-order valence-electron chi connectivity index (χ4n) is 6.06. The van der Waals surface area contributed by atoms with Gasteiger partial charge in [0.15, 0.2) is 0 Å². The second-order valence-corrected chi connectivity index (χ2v) is 11.4. The van der Waals surface area contributed by atoms with E-state index in [1.165, 1.54) is 71.0 Å². The molecule has 0 aromatic rings. The van der Waals surface area contributed by atoms with Gasteiger partial charge in [0.05, 0.1) is 0 Å². The number of hydrogen-bond donors (Lipinski definition) is 0. The van der Waals surface area contributed by atoms with Crippen LogP contribution in [0.4, 0.5) is 0 Å². The Labute approximate surface area is 145 Å². The average molecular weight is 320 g/mol. The van der Waals surface area contributed by atoms with Crippen molar-refractivity contribution in [3.8, 4) is 0 Å². The smallest absolute Gasteiger partial charge is 0.00380 e. The summed E-state index contributed by atoms with van der Waals surface area (Å²) in [6.45, 7) is 18.9. The van der Waals surface area contributed by atoms with Crippen LogP contribution in [0.2, 0.25) is 0 Å². The SMILES string of the molecule is CC(C)(C)C1CCN(CC23CCC(C(C)(C)C)(CC2)CC3)CC1. The molecule has 4 aliphatic rings. The fourth-order valence-corrected chi connectivity index (χ4v) is 6.06. The molecule has 4 fully saturated rings. The van der Waals surface area contributed by atoms with Crippen LogP contribution >= 0.6 is 0 Å². The molecule has 3 aliphatic carbocycles. The van der Waals surface area contributed by atoms with Gasteiger partial charge < -0.3 is 4.90 Å². The van der Waals surface area contributed by atoms with Crippen molar-refractivity contribution in [3.63, 3.8) is 0 Å². The van der Waals surface area contributed by atoms with Gasteiger partial charge in [-0.1, -0.05) is 41.5 Å². The van der Waals surface area contributed by atoms with E-state index in [-0.39, 0.29) is 0 Å². The van der Waals surface area contributed by atoms with E-state index in [0.29, 0.717) is 21.7 Å². The Hall–Kier alpha value is -0.0400. The number of hydrogen-bond acceptors (Lipinski definition) is 1. The lowest BCUT2D eigenvalue weighted by Crippen LogP contribution is -2.52. The maximum Gasteiger partial charge on any atom is 0.00380 e. The van der Waals surface area contributed by atoms with E-state index < -0.39 is 0 Å². The molecule has 0 amide bonds. The van der Waals surface area contributed by atoms with E-state index in [9.17, 15) is 0 Å². The highest BCUT2D eigenvalue weighted by molar-refractivity contribution is 5.05. The summed E-state index contributed by atoms with van der Waals surface area (Å²) in [6, 6.07) is 0. The molecular weight excluding hydrogens is 278 g/mol. The van der Waals surface area contributed by atoms with Gasteiger partial charge in [-0.3, -0.25) is 0 Å². The molecular formula is C22H41N. The van der Waals surface area contributed by atoms with Gasteiger partial charge in [0.25, 0.3) is 0 Å². The Kier molecular flexibility index (Phi) is 4.44. The maximum absolute atomic E-state index is 2.83. The van der Waals surface area contributed by atoms with Gasteiger partial charge >= 0.3 is 0 Å². The third-order valence-corrected chi connectivity index (χ3v) is 8.36. The summed E-state index contributed by atoms with van der Waals surface area (Å²) in [5.74, 6) is 0.933. The van der Waals surface area contributed by atoms with Crippen LogP contribution < -0.4 is 0 Å². The first-order chi connectivity index (χ1) is 10.6. The summed E-state index contributed by atoms with van der Waals surface area (Å²) in [5, 5.41) is 0. The van der Waals surface area contributed by atoms with Gasteiger partial charge in [-0.25, -0.2) is 0 Å². The van der Waals surface area contributed by atoms with Crippen molar-refractivity contribution in [2.75, 3.05) is 19.6 Å². The molecule has 2 bridgehead atoms. The summed E-state index contributed by atoms with van der Waals surface area (Å²) >= 11 is 0. The van der Waals surface area contributed by atoms with Crippen LogP contribution in [0.3, 0.4) is 0 Å². The van der Waals surface area contributed by atoms with Gasteiger partial charge in [0.1, 0.15) is 0 Å². The van der Waals surface area contributed by atoms with Crippen molar-refractivity contribution in [1.29, 1.82) is 0 Å². The van der Waals surface area contributed by atoms with Crippen LogP contribution in [0.1, 0.15) is 92.9 Å². The van der Waals surface area contributed by atoms with E-state index >= 15 is 0 Å². The minimum absolute atomic E-state index is 0.505. The topological polar surface area (TPSA) is 3.24 Å². The van der Waals surface area contributed by atoms with Crippen LogP contribution in [0.25, 0.3) is 0 Å². The first kappa shape index (κ1) is 17.8. The molecule has 23 heavy (non-hydrogen) atoms. The van der Waals surface area contributed by atoms with Crippen LogP contribution in [0.5, 0.6) is 0 Å². The predicted octanol–water partition coefficient (Wildman–Crippen LogP) is 6.13. The van der Waals surface area contributed by atoms with Gasteiger partial charge in [-0.05, 0) is 92.0 Å². The second-order valence-electron chi connectivity index (χ2n) is 11.4. The zero-order chi connectivity index (χ0) is 16.9. The zero-order valence-corrected chi connectivity index (χ0v) is 16.8.